The summed E-state index contributed by atoms with van der Waals surface area (Å²) < 4.78 is 0. The number of aryl methyl sites for hydroxylation is 1. The fourth-order valence-corrected chi connectivity index (χ4v) is 4.20. The Morgan fingerprint density at radius 3 is 2.68 bits per heavy atom. The summed E-state index contributed by atoms with van der Waals surface area (Å²) in [5, 5.41) is 13.1. The van der Waals surface area contributed by atoms with E-state index in [0.717, 1.165) is 48.8 Å². The van der Waals surface area contributed by atoms with Crippen molar-refractivity contribution in [3.63, 3.8) is 0 Å². The van der Waals surface area contributed by atoms with E-state index in [4.69, 9.17) is 16.8 Å². The molecule has 3 rings (SSSR count). The normalized spacial score (nSPS) is 23.0. The molecule has 1 fully saturated rings. The van der Waals surface area contributed by atoms with Crippen molar-refractivity contribution in [2.75, 3.05) is 13.1 Å². The molecule has 0 radical (unpaired) electrons. The van der Waals surface area contributed by atoms with Crippen molar-refractivity contribution in [3.05, 3.63) is 58.3 Å². The van der Waals surface area contributed by atoms with Crippen LogP contribution in [0.1, 0.15) is 56.6 Å². The maximum absolute atomic E-state index is 8.82. The number of nitrogens with one attached hydrogen (secondary N) is 1. The van der Waals surface area contributed by atoms with E-state index in [-0.39, 0.29) is 0 Å². The lowest BCUT2D eigenvalue weighted by Gasteiger charge is -2.31. The number of rotatable bonds is 3. The predicted octanol–water partition coefficient (Wildman–Crippen LogP) is 4.18. The lowest BCUT2D eigenvalue weighted by molar-refractivity contribution is -0.838. The number of halogens is 1. The first-order valence-electron chi connectivity index (χ1n) is 9.59. The Hall–Kier alpha value is -1.13. The van der Waals surface area contributed by atoms with Crippen molar-refractivity contribution >= 4 is 11.6 Å². The van der Waals surface area contributed by atoms with Crippen LogP contribution in [-0.2, 0) is 6.42 Å². The zero-order valence-corrected chi connectivity index (χ0v) is 16.2. The minimum absolute atomic E-state index is 0.588. The van der Waals surface area contributed by atoms with Gasteiger partial charge in [0.2, 0.25) is 0 Å². The van der Waals surface area contributed by atoms with Gasteiger partial charge in [-0.3, -0.25) is 0 Å². The molecule has 4 N–H and O–H groups in total. The van der Waals surface area contributed by atoms with E-state index >= 15 is 0 Å². The molecule has 0 amide bonds. The predicted molar refractivity (Wildman–Crippen MR) is 105 cm³/mol. The third-order valence-electron chi connectivity index (χ3n) is 5.18. The van der Waals surface area contributed by atoms with Gasteiger partial charge in [-0.15, -0.1) is 0 Å². The number of hydroxylamine groups is 1. The maximum atomic E-state index is 8.82. The van der Waals surface area contributed by atoms with E-state index in [1.54, 1.807) is 6.20 Å². The number of piperidine rings is 1. The quantitative estimate of drug-likeness (QED) is 0.557. The topological polar surface area (TPSA) is 48.9 Å². The molecule has 4 heteroatoms. The minimum Gasteiger partial charge on any atom is -0.317 e. The van der Waals surface area contributed by atoms with Gasteiger partial charge in [-0.05, 0) is 86.4 Å². The van der Waals surface area contributed by atoms with Gasteiger partial charge >= 0.3 is 0 Å². The third kappa shape index (κ3) is 5.68. The number of nitrogens with two attached hydrogens (primary N) is 1. The van der Waals surface area contributed by atoms with Gasteiger partial charge in [-0.2, -0.15) is 5.48 Å². The first kappa shape index (κ1) is 20.2. The third-order valence-corrected chi connectivity index (χ3v) is 5.42. The van der Waals surface area contributed by atoms with Gasteiger partial charge in [0, 0.05) is 5.02 Å². The van der Waals surface area contributed by atoms with Crippen LogP contribution in [0.4, 0.5) is 0 Å². The van der Waals surface area contributed by atoms with Crippen molar-refractivity contribution in [1.82, 2.24) is 5.32 Å². The molecule has 25 heavy (non-hydrogen) atoms. The van der Waals surface area contributed by atoms with Gasteiger partial charge in [-0.25, -0.2) is 5.21 Å². The first-order chi connectivity index (χ1) is 12.3. The molecule has 0 aromatic heterocycles. The summed E-state index contributed by atoms with van der Waals surface area (Å²) in [6.45, 7) is 6.25. The average molecular weight is 364 g/mol. The zero-order valence-electron chi connectivity index (χ0n) is 15.5. The molecular weight excluding hydrogens is 332 g/mol. The summed E-state index contributed by atoms with van der Waals surface area (Å²) in [6, 6.07) is 6.46. The van der Waals surface area contributed by atoms with Crippen LogP contribution in [0.25, 0.3) is 0 Å². The molecule has 1 unspecified atom stereocenters. The highest BCUT2D eigenvalue weighted by atomic mass is 35.5. The summed E-state index contributed by atoms with van der Waals surface area (Å²) in [4.78, 5) is 0. The summed E-state index contributed by atoms with van der Waals surface area (Å²) in [5.41, 5.74) is 5.48. The van der Waals surface area contributed by atoms with Crippen LogP contribution < -0.4 is 10.8 Å². The second-order valence-electron chi connectivity index (χ2n) is 6.60. The Balaban J connectivity index is 0.00000109. The van der Waals surface area contributed by atoms with Gasteiger partial charge in [0.25, 0.3) is 0 Å². The molecule has 138 valence electrons. The zero-order chi connectivity index (χ0) is 18.1. The highest BCUT2D eigenvalue weighted by Crippen LogP contribution is 2.41. The van der Waals surface area contributed by atoms with Gasteiger partial charge in [0.15, 0.2) is 0 Å². The largest absolute Gasteiger partial charge is 0.317 e. The van der Waals surface area contributed by atoms with Crippen LogP contribution >= 0.6 is 11.6 Å². The summed E-state index contributed by atoms with van der Waals surface area (Å²) in [6.07, 6.45) is 11.5. The van der Waals surface area contributed by atoms with Crippen LogP contribution in [0.15, 0.2) is 42.1 Å². The molecule has 0 spiro atoms. The monoisotopic (exact) mass is 363 g/mol. The lowest BCUT2D eigenvalue weighted by Crippen LogP contribution is -2.73. The molecule has 3 nitrogen and oxygen atoms in total. The van der Waals surface area contributed by atoms with Crippen LogP contribution in [0.2, 0.25) is 5.02 Å². The van der Waals surface area contributed by atoms with Crippen molar-refractivity contribution in [3.8, 4) is 0 Å². The minimum atomic E-state index is 0.588. The van der Waals surface area contributed by atoms with E-state index in [1.165, 1.54) is 29.5 Å². The molecule has 1 heterocycles. The Kier molecular flexibility index (Phi) is 8.70. The molecule has 1 aromatic rings. The molecule has 1 aromatic carbocycles. The van der Waals surface area contributed by atoms with E-state index in [9.17, 15) is 0 Å². The highest BCUT2D eigenvalue weighted by Gasteiger charge is 2.29. The molecule has 1 atom stereocenters. The number of hydrogen-bond donors (Lipinski definition) is 3. The second kappa shape index (κ2) is 10.8. The van der Waals surface area contributed by atoms with Gasteiger partial charge < -0.3 is 5.32 Å². The van der Waals surface area contributed by atoms with Crippen molar-refractivity contribution in [1.29, 1.82) is 0 Å². The van der Waals surface area contributed by atoms with Crippen LogP contribution in [-0.4, -0.2) is 18.3 Å². The summed E-state index contributed by atoms with van der Waals surface area (Å²) in [7, 11) is 0. The highest BCUT2D eigenvalue weighted by molar-refractivity contribution is 6.30. The van der Waals surface area contributed by atoms with E-state index < -0.39 is 0 Å². The molecule has 0 bridgehead atoms. The van der Waals surface area contributed by atoms with Crippen LogP contribution in [0.3, 0.4) is 0 Å². The van der Waals surface area contributed by atoms with Crippen molar-refractivity contribution in [2.24, 2.45) is 5.92 Å². The maximum Gasteiger partial charge on any atom is 0.125 e. The molecule has 0 saturated carbocycles. The number of quaternary nitrogens is 1. The van der Waals surface area contributed by atoms with E-state index in [2.05, 4.69) is 23.5 Å². The van der Waals surface area contributed by atoms with Crippen LogP contribution in [0, 0.1) is 5.92 Å². The SMILES string of the molecule is CC.O[NH2+]/C=C\C=C1\CCc2cc(Cl)ccc2C(C2CCNCC2)C1. The van der Waals surface area contributed by atoms with Gasteiger partial charge in [-0.1, -0.05) is 43.2 Å². The Labute approximate surface area is 157 Å². The number of benzene rings is 1. The standard InChI is InChI=1S/C19H25ClN2O.C2H6/c20-17-5-6-18-16(13-17)4-3-14(2-1-9-22-23)12-19(18)15-7-10-21-11-8-15;1-2/h1-2,5-6,9,13,15,19,21-23H,3-4,7-8,10-12H2;1-2H3/p+1/b9-1-,14-2-;. The average Bonchev–Trinajstić information content (AvgIpc) is 2.84. The van der Waals surface area contributed by atoms with Gasteiger partial charge in [0.1, 0.15) is 6.20 Å². The summed E-state index contributed by atoms with van der Waals surface area (Å²) in [5.74, 6) is 1.33. The first-order valence-corrected chi connectivity index (χ1v) is 9.97. The molecule has 1 aliphatic heterocycles. The number of fused-ring (bicyclic) bond motifs is 1. The molecule has 1 aliphatic carbocycles. The second-order valence-corrected chi connectivity index (χ2v) is 7.04. The molecule has 1 saturated heterocycles. The van der Waals surface area contributed by atoms with Crippen molar-refractivity contribution < 1.29 is 10.7 Å². The fraction of sp³-hybridized carbons (Fsp3) is 0.524. The summed E-state index contributed by atoms with van der Waals surface area (Å²) >= 11 is 6.23. The van der Waals surface area contributed by atoms with Crippen LogP contribution in [0.5, 0.6) is 0 Å². The number of hydrogen-bond acceptors (Lipinski definition) is 2. The molecular formula is C21H32ClN2O+. The fourth-order valence-electron chi connectivity index (χ4n) is 4.00. The van der Waals surface area contributed by atoms with E-state index in [0.29, 0.717) is 5.92 Å². The van der Waals surface area contributed by atoms with Gasteiger partial charge in [0.05, 0.1) is 0 Å². The lowest BCUT2D eigenvalue weighted by atomic mass is 9.77. The van der Waals surface area contributed by atoms with Crippen molar-refractivity contribution in [2.45, 2.75) is 51.9 Å². The molecule has 2 aliphatic rings. The Bertz CT molecular complexity index is 592. The Morgan fingerprint density at radius 1 is 1.20 bits per heavy atom. The smallest absolute Gasteiger partial charge is 0.125 e. The number of allylic oxidation sites excluding steroid dienone is 3. The van der Waals surface area contributed by atoms with E-state index in [1.807, 2.05) is 26.0 Å². The Morgan fingerprint density at radius 2 is 1.96 bits per heavy atom.